The highest BCUT2D eigenvalue weighted by Gasteiger charge is 2.33. The molecule has 114 valence electrons. The number of nitrogens with zero attached hydrogens (tertiary/aromatic N) is 3. The smallest absolute Gasteiger partial charge is 0.256 e. The molecule has 0 atom stereocenters. The Morgan fingerprint density at radius 2 is 2.00 bits per heavy atom. The number of nitrogen functional groups attached to an aromatic ring is 1. The molecule has 1 saturated carbocycles. The van der Waals surface area contributed by atoms with Crippen LogP contribution in [-0.2, 0) is 0 Å². The van der Waals surface area contributed by atoms with Gasteiger partial charge in [0.1, 0.15) is 0 Å². The first-order chi connectivity index (χ1) is 10.1. The molecule has 6 heteroatoms. The van der Waals surface area contributed by atoms with Crippen molar-refractivity contribution >= 4 is 11.9 Å². The summed E-state index contributed by atoms with van der Waals surface area (Å²) < 4.78 is 0. The summed E-state index contributed by atoms with van der Waals surface area (Å²) in [6.07, 6.45) is 7.72. The predicted octanol–water partition coefficient (Wildman–Crippen LogP) is 1.05. The van der Waals surface area contributed by atoms with Crippen LogP contribution in [0.25, 0.3) is 0 Å². The molecule has 6 nitrogen and oxygen atoms in total. The van der Waals surface area contributed by atoms with Gasteiger partial charge in [-0.1, -0.05) is 6.92 Å². The predicted molar refractivity (Wildman–Crippen MR) is 80.7 cm³/mol. The van der Waals surface area contributed by atoms with Gasteiger partial charge >= 0.3 is 0 Å². The summed E-state index contributed by atoms with van der Waals surface area (Å²) in [7, 11) is 0. The van der Waals surface area contributed by atoms with Gasteiger partial charge in [0, 0.05) is 38.1 Å². The van der Waals surface area contributed by atoms with Gasteiger partial charge in [-0.25, -0.2) is 9.97 Å². The maximum absolute atomic E-state index is 12.4. The molecule has 1 aliphatic heterocycles. The van der Waals surface area contributed by atoms with Crippen molar-refractivity contribution in [2.45, 2.75) is 38.6 Å². The molecule has 0 spiro atoms. The van der Waals surface area contributed by atoms with Gasteiger partial charge in [0.25, 0.3) is 5.91 Å². The van der Waals surface area contributed by atoms with Gasteiger partial charge in [0.2, 0.25) is 5.95 Å². The van der Waals surface area contributed by atoms with Crippen LogP contribution in [0.1, 0.15) is 43.0 Å². The number of likely N-dealkylation sites (tertiary alicyclic amines) is 1. The molecule has 0 unspecified atom stereocenters. The van der Waals surface area contributed by atoms with Gasteiger partial charge in [-0.15, -0.1) is 0 Å². The number of nitrogens with two attached hydrogens (primary N) is 1. The van der Waals surface area contributed by atoms with Crippen LogP contribution < -0.4 is 11.1 Å². The van der Waals surface area contributed by atoms with Crippen molar-refractivity contribution in [3.05, 3.63) is 18.0 Å². The van der Waals surface area contributed by atoms with Gasteiger partial charge in [-0.05, 0) is 31.1 Å². The molecule has 2 fully saturated rings. The minimum absolute atomic E-state index is 0.00667. The van der Waals surface area contributed by atoms with Gasteiger partial charge < -0.3 is 16.0 Å². The zero-order valence-corrected chi connectivity index (χ0v) is 12.5. The van der Waals surface area contributed by atoms with E-state index in [1.807, 2.05) is 4.90 Å². The largest absolute Gasteiger partial charge is 0.368 e. The first-order valence-electron chi connectivity index (χ1n) is 7.66. The summed E-state index contributed by atoms with van der Waals surface area (Å²) in [4.78, 5) is 22.1. The Morgan fingerprint density at radius 1 is 1.38 bits per heavy atom. The molecule has 0 radical (unpaired) electrons. The first kappa shape index (κ1) is 14.3. The molecule has 3 rings (SSSR count). The molecular weight excluding hydrogens is 266 g/mol. The monoisotopic (exact) mass is 289 g/mol. The van der Waals surface area contributed by atoms with Gasteiger partial charge in [-0.3, -0.25) is 4.79 Å². The Balaban J connectivity index is 1.54. The van der Waals surface area contributed by atoms with Crippen LogP contribution in [0.5, 0.6) is 0 Å². The van der Waals surface area contributed by atoms with Crippen LogP contribution >= 0.6 is 0 Å². The first-order valence-corrected chi connectivity index (χ1v) is 7.66. The number of aromatic nitrogens is 2. The van der Waals surface area contributed by atoms with Crippen LogP contribution in [0.4, 0.5) is 5.95 Å². The number of amides is 1. The lowest BCUT2D eigenvalue weighted by Crippen LogP contribution is -2.46. The van der Waals surface area contributed by atoms with E-state index in [0.717, 1.165) is 38.5 Å². The van der Waals surface area contributed by atoms with E-state index in [0.29, 0.717) is 11.0 Å². The third-order valence-corrected chi connectivity index (χ3v) is 4.57. The summed E-state index contributed by atoms with van der Waals surface area (Å²) >= 11 is 0. The van der Waals surface area contributed by atoms with E-state index in [9.17, 15) is 4.79 Å². The number of piperidine rings is 1. The Labute approximate surface area is 125 Å². The molecule has 1 aliphatic carbocycles. The van der Waals surface area contributed by atoms with Crippen LogP contribution in [-0.4, -0.2) is 46.5 Å². The summed E-state index contributed by atoms with van der Waals surface area (Å²) in [5, 5.41) is 3.61. The van der Waals surface area contributed by atoms with Crippen LogP contribution in [0.3, 0.4) is 0 Å². The van der Waals surface area contributed by atoms with E-state index in [1.54, 1.807) is 0 Å². The second kappa shape index (κ2) is 5.60. The molecular formula is C15H23N5O. The van der Waals surface area contributed by atoms with E-state index >= 15 is 0 Å². The number of rotatable bonds is 4. The summed E-state index contributed by atoms with van der Waals surface area (Å²) in [5.41, 5.74) is 6.27. The minimum atomic E-state index is 0.00667. The fourth-order valence-electron chi connectivity index (χ4n) is 2.74. The average molecular weight is 289 g/mol. The quantitative estimate of drug-likeness (QED) is 0.865. The van der Waals surface area contributed by atoms with Crippen LogP contribution in [0.15, 0.2) is 12.4 Å². The Hall–Kier alpha value is -1.69. The fourth-order valence-corrected chi connectivity index (χ4v) is 2.74. The van der Waals surface area contributed by atoms with E-state index in [2.05, 4.69) is 22.2 Å². The standard InChI is InChI=1S/C15H23N5O/c1-15(10-19-12-2-3-12)4-6-20(7-5-15)13(21)11-8-17-14(16)18-9-11/h8-9,12,19H,2-7,10H2,1H3,(H2,16,17,18). The average Bonchev–Trinajstić information content (AvgIpc) is 3.31. The zero-order valence-electron chi connectivity index (χ0n) is 12.5. The number of anilines is 1. The van der Waals surface area contributed by atoms with Crippen molar-refractivity contribution < 1.29 is 4.79 Å². The van der Waals surface area contributed by atoms with Crippen molar-refractivity contribution in [3.63, 3.8) is 0 Å². The Morgan fingerprint density at radius 3 is 2.57 bits per heavy atom. The SMILES string of the molecule is CC1(CNC2CC2)CCN(C(=O)c2cnc(N)nc2)CC1. The van der Waals surface area contributed by atoms with E-state index < -0.39 is 0 Å². The lowest BCUT2D eigenvalue weighted by Gasteiger charge is -2.39. The second-order valence-electron chi connectivity index (χ2n) is 6.59. The molecule has 0 aromatic carbocycles. The summed E-state index contributed by atoms with van der Waals surface area (Å²) in [6.45, 7) is 4.97. The number of hydrogen-bond donors (Lipinski definition) is 2. The fraction of sp³-hybridized carbons (Fsp3) is 0.667. The zero-order chi connectivity index (χ0) is 14.9. The lowest BCUT2D eigenvalue weighted by molar-refractivity contribution is 0.0604. The topological polar surface area (TPSA) is 84.1 Å². The van der Waals surface area contributed by atoms with E-state index in [1.165, 1.54) is 25.2 Å². The van der Waals surface area contributed by atoms with Gasteiger partial charge in [-0.2, -0.15) is 0 Å². The Bertz CT molecular complexity index is 503. The maximum Gasteiger partial charge on any atom is 0.256 e. The van der Waals surface area contributed by atoms with Crippen molar-refractivity contribution in [2.24, 2.45) is 5.41 Å². The van der Waals surface area contributed by atoms with Crippen molar-refractivity contribution in [1.29, 1.82) is 0 Å². The Kier molecular flexibility index (Phi) is 3.80. The number of carbonyl (C=O) groups excluding carboxylic acids is 1. The highest BCUT2D eigenvalue weighted by Crippen LogP contribution is 2.32. The number of nitrogens with one attached hydrogen (secondary N) is 1. The highest BCUT2D eigenvalue weighted by atomic mass is 16.2. The van der Waals surface area contributed by atoms with Crippen LogP contribution in [0, 0.1) is 5.41 Å². The van der Waals surface area contributed by atoms with Crippen LogP contribution in [0.2, 0.25) is 0 Å². The van der Waals surface area contributed by atoms with Gasteiger partial charge in [0.05, 0.1) is 5.56 Å². The molecule has 0 bridgehead atoms. The molecule has 1 saturated heterocycles. The molecule has 1 aromatic heterocycles. The van der Waals surface area contributed by atoms with Crippen molar-refractivity contribution in [3.8, 4) is 0 Å². The lowest BCUT2D eigenvalue weighted by atomic mass is 9.80. The molecule has 2 aliphatic rings. The normalized spacial score (nSPS) is 21.3. The third kappa shape index (κ3) is 3.50. The summed E-state index contributed by atoms with van der Waals surface area (Å²) in [6, 6.07) is 0.744. The second-order valence-corrected chi connectivity index (χ2v) is 6.59. The molecule has 3 N–H and O–H groups in total. The molecule has 2 heterocycles. The van der Waals surface area contributed by atoms with Crippen molar-refractivity contribution in [1.82, 2.24) is 20.2 Å². The molecule has 21 heavy (non-hydrogen) atoms. The van der Waals surface area contributed by atoms with Gasteiger partial charge in [0.15, 0.2) is 0 Å². The van der Waals surface area contributed by atoms with Crippen molar-refractivity contribution in [2.75, 3.05) is 25.4 Å². The number of carbonyl (C=O) groups is 1. The third-order valence-electron chi connectivity index (χ3n) is 4.57. The van der Waals surface area contributed by atoms with E-state index in [-0.39, 0.29) is 11.9 Å². The summed E-state index contributed by atoms with van der Waals surface area (Å²) in [5.74, 6) is 0.205. The number of hydrogen-bond acceptors (Lipinski definition) is 5. The van der Waals surface area contributed by atoms with E-state index in [4.69, 9.17) is 5.73 Å². The maximum atomic E-state index is 12.4. The molecule has 1 aromatic rings. The minimum Gasteiger partial charge on any atom is -0.368 e. The molecule has 1 amide bonds. The highest BCUT2D eigenvalue weighted by molar-refractivity contribution is 5.93.